The molecule has 136 valence electrons. The number of anilines is 1. The molecule has 3 N–H and O–H groups in total. The van der Waals surface area contributed by atoms with Crippen LogP contribution in [0.1, 0.15) is 0 Å². The maximum atomic E-state index is 11.3. The summed E-state index contributed by atoms with van der Waals surface area (Å²) in [5.74, 6) is 0.208. The molecule has 0 unspecified atom stereocenters. The van der Waals surface area contributed by atoms with Crippen LogP contribution in [-0.4, -0.2) is 85.7 Å². The highest BCUT2D eigenvalue weighted by Crippen LogP contribution is 2.12. The van der Waals surface area contributed by atoms with E-state index < -0.39 is 18.6 Å². The van der Waals surface area contributed by atoms with Crippen LogP contribution in [-0.2, 0) is 9.47 Å². The Bertz CT molecular complexity index is 493. The third-order valence-corrected chi connectivity index (χ3v) is 2.37. The zero-order valence-corrected chi connectivity index (χ0v) is 14.8. The van der Waals surface area contributed by atoms with Crippen LogP contribution in [0, 0.1) is 0 Å². The highest BCUT2D eigenvalue weighted by molar-refractivity contribution is 5.68. The zero-order valence-electron chi connectivity index (χ0n) is 14.8. The van der Waals surface area contributed by atoms with Crippen molar-refractivity contribution < 1.29 is 24.2 Å². The summed E-state index contributed by atoms with van der Waals surface area (Å²) in [4.78, 5) is 30.1. The van der Waals surface area contributed by atoms with Crippen molar-refractivity contribution >= 4 is 18.0 Å². The predicted molar refractivity (Wildman–Crippen MR) is 88.1 cm³/mol. The first-order chi connectivity index (χ1) is 11.1. The molecule has 0 bridgehead atoms. The molecule has 1 heterocycles. The molecule has 0 saturated heterocycles. The summed E-state index contributed by atoms with van der Waals surface area (Å²) in [5, 5.41) is 8.73. The Hall–Kier alpha value is -2.75. The summed E-state index contributed by atoms with van der Waals surface area (Å²) < 4.78 is 9.87. The Labute approximate surface area is 141 Å². The Kier molecular flexibility index (Phi) is 8.95. The minimum atomic E-state index is -1.04. The molecule has 1 rings (SSSR count). The lowest BCUT2D eigenvalue weighted by atomic mass is 10.4. The third-order valence-electron chi connectivity index (χ3n) is 2.37. The fourth-order valence-electron chi connectivity index (χ4n) is 1.03. The van der Waals surface area contributed by atoms with Crippen molar-refractivity contribution in [3.63, 3.8) is 0 Å². The van der Waals surface area contributed by atoms with Gasteiger partial charge < -0.3 is 30.1 Å². The number of carbonyl (C=O) groups is 2. The third kappa shape index (κ3) is 8.03. The van der Waals surface area contributed by atoms with Gasteiger partial charge in [-0.05, 0) is 26.2 Å². The molecule has 2 amide bonds. The molecule has 0 atom stereocenters. The molecule has 0 aliphatic rings. The number of nitrogen functional groups attached to an aromatic ring is 1. The molecule has 0 radical (unpaired) electrons. The Morgan fingerprint density at radius 3 is 1.79 bits per heavy atom. The van der Waals surface area contributed by atoms with E-state index in [1.165, 1.54) is 27.0 Å². The van der Waals surface area contributed by atoms with Gasteiger partial charge in [-0.15, -0.1) is 0 Å². The van der Waals surface area contributed by atoms with Crippen molar-refractivity contribution in [2.75, 3.05) is 48.0 Å². The standard InChI is InChI=1S/C9H19N3O4.C5H6N2O/c1-10(2)7(13)15-9(12(5)6)16-8(14)11(3)4;6-5-4(8)2-1-3-7-5/h9H,1-6H3;1-3,8H,(H2,6,7). The van der Waals surface area contributed by atoms with Gasteiger partial charge in [0.1, 0.15) is 0 Å². The van der Waals surface area contributed by atoms with Crippen LogP contribution in [0.3, 0.4) is 0 Å². The Balaban J connectivity index is 0.000000546. The molecule has 0 aliphatic heterocycles. The first-order valence-electron chi connectivity index (χ1n) is 6.88. The number of aromatic hydroxyl groups is 1. The average Bonchev–Trinajstić information content (AvgIpc) is 2.49. The number of pyridine rings is 1. The molecule has 1 aromatic rings. The van der Waals surface area contributed by atoms with Gasteiger partial charge in [-0.3, -0.25) is 0 Å². The van der Waals surface area contributed by atoms with E-state index in [4.69, 9.17) is 20.3 Å². The molecule has 0 spiro atoms. The predicted octanol–water partition coefficient (Wildman–Crippen LogP) is 0.597. The van der Waals surface area contributed by atoms with Gasteiger partial charge in [0.15, 0.2) is 11.6 Å². The highest BCUT2D eigenvalue weighted by atomic mass is 16.7. The number of carbonyl (C=O) groups excluding carboxylic acids is 2. The van der Waals surface area contributed by atoms with Crippen LogP contribution in [0.25, 0.3) is 0 Å². The fourth-order valence-corrected chi connectivity index (χ4v) is 1.03. The summed E-state index contributed by atoms with van der Waals surface area (Å²) in [6.45, 7) is 0. The fraction of sp³-hybridized carbons (Fsp3) is 0.500. The average molecular weight is 343 g/mol. The van der Waals surface area contributed by atoms with Crippen molar-refractivity contribution in [1.29, 1.82) is 0 Å². The number of rotatable bonds is 3. The number of hydrogen-bond acceptors (Lipinski definition) is 8. The van der Waals surface area contributed by atoms with Gasteiger partial charge in [0.05, 0.1) is 0 Å². The second kappa shape index (κ2) is 10.1. The molecule has 0 fully saturated rings. The van der Waals surface area contributed by atoms with Crippen molar-refractivity contribution in [1.82, 2.24) is 19.7 Å². The van der Waals surface area contributed by atoms with E-state index in [1.54, 1.807) is 48.4 Å². The maximum Gasteiger partial charge on any atom is 0.413 e. The molecule has 0 aliphatic carbocycles. The van der Waals surface area contributed by atoms with Gasteiger partial charge >= 0.3 is 18.6 Å². The molecular formula is C14H25N5O5. The summed E-state index contributed by atoms with van der Waals surface area (Å²) in [5.41, 5.74) is 5.16. The first-order valence-corrected chi connectivity index (χ1v) is 6.88. The smallest absolute Gasteiger partial charge is 0.413 e. The van der Waals surface area contributed by atoms with Crippen LogP contribution >= 0.6 is 0 Å². The van der Waals surface area contributed by atoms with Crippen molar-refractivity contribution in [2.24, 2.45) is 0 Å². The molecule has 24 heavy (non-hydrogen) atoms. The quantitative estimate of drug-likeness (QED) is 0.765. The van der Waals surface area contributed by atoms with Gasteiger partial charge in [0.2, 0.25) is 0 Å². The number of hydrogen-bond donors (Lipinski definition) is 2. The minimum Gasteiger partial charge on any atom is -0.504 e. The number of ether oxygens (including phenoxy) is 2. The number of amides is 2. The molecule has 10 heteroatoms. The topological polar surface area (TPSA) is 121 Å². The van der Waals surface area contributed by atoms with Crippen LogP contribution < -0.4 is 5.73 Å². The van der Waals surface area contributed by atoms with E-state index in [0.29, 0.717) is 0 Å². The van der Waals surface area contributed by atoms with Crippen molar-refractivity contribution in [3.05, 3.63) is 18.3 Å². The highest BCUT2D eigenvalue weighted by Gasteiger charge is 2.22. The summed E-state index contributed by atoms with van der Waals surface area (Å²) in [7, 11) is 9.45. The SMILES string of the molecule is CN(C)C(=O)OC(OC(=O)N(C)C)N(C)C.Nc1ncccc1O. The lowest BCUT2D eigenvalue weighted by Gasteiger charge is -2.26. The molecule has 0 saturated carbocycles. The lowest BCUT2D eigenvalue weighted by Crippen LogP contribution is -2.41. The lowest BCUT2D eigenvalue weighted by molar-refractivity contribution is -0.149. The molecule has 1 aromatic heterocycles. The zero-order chi connectivity index (χ0) is 18.9. The van der Waals surface area contributed by atoms with Gasteiger partial charge in [-0.25, -0.2) is 19.5 Å². The van der Waals surface area contributed by atoms with Crippen LogP contribution in [0.2, 0.25) is 0 Å². The molecule has 0 aromatic carbocycles. The van der Waals surface area contributed by atoms with Gasteiger partial charge in [0, 0.05) is 34.4 Å². The Morgan fingerprint density at radius 2 is 1.54 bits per heavy atom. The second-order valence-corrected chi connectivity index (χ2v) is 5.23. The van der Waals surface area contributed by atoms with Crippen molar-refractivity contribution in [3.8, 4) is 5.75 Å². The van der Waals surface area contributed by atoms with Gasteiger partial charge in [-0.1, -0.05) is 0 Å². The maximum absolute atomic E-state index is 11.3. The second-order valence-electron chi connectivity index (χ2n) is 5.23. The van der Waals surface area contributed by atoms with Crippen molar-refractivity contribution in [2.45, 2.75) is 6.41 Å². The number of nitrogens with two attached hydrogens (primary N) is 1. The van der Waals surface area contributed by atoms with E-state index in [2.05, 4.69) is 4.98 Å². The summed E-state index contributed by atoms with van der Waals surface area (Å²) >= 11 is 0. The van der Waals surface area contributed by atoms with Crippen LogP contribution in [0.4, 0.5) is 15.4 Å². The normalized spacial score (nSPS) is 9.83. The minimum absolute atomic E-state index is 0.0347. The van der Waals surface area contributed by atoms with E-state index in [1.807, 2.05) is 0 Å². The van der Waals surface area contributed by atoms with Gasteiger partial charge in [0.25, 0.3) is 0 Å². The van der Waals surface area contributed by atoms with Crippen LogP contribution in [0.5, 0.6) is 5.75 Å². The van der Waals surface area contributed by atoms with E-state index in [0.717, 1.165) is 0 Å². The Morgan fingerprint density at radius 1 is 1.08 bits per heavy atom. The summed E-state index contributed by atoms with van der Waals surface area (Å²) in [6, 6.07) is 3.11. The first kappa shape index (κ1) is 21.2. The van der Waals surface area contributed by atoms with E-state index >= 15 is 0 Å². The van der Waals surface area contributed by atoms with Gasteiger partial charge in [-0.2, -0.15) is 0 Å². The molecular weight excluding hydrogens is 318 g/mol. The largest absolute Gasteiger partial charge is 0.504 e. The molecule has 10 nitrogen and oxygen atoms in total. The monoisotopic (exact) mass is 343 g/mol. The number of aromatic nitrogens is 1. The number of nitrogens with zero attached hydrogens (tertiary/aromatic N) is 4. The van der Waals surface area contributed by atoms with Crippen LogP contribution in [0.15, 0.2) is 18.3 Å². The van der Waals surface area contributed by atoms with E-state index in [-0.39, 0.29) is 11.6 Å². The summed E-state index contributed by atoms with van der Waals surface area (Å²) in [6.07, 6.45) is -0.671. The van der Waals surface area contributed by atoms with E-state index in [9.17, 15) is 9.59 Å².